The second-order valence-corrected chi connectivity index (χ2v) is 9.17. The number of anilines is 1. The number of halogens is 1. The first-order chi connectivity index (χ1) is 19.8. The maximum atomic E-state index is 14.4. The molecule has 2 aliphatic rings. The largest absolute Gasteiger partial charge is 0.478 e. The molecule has 3 amide bonds. The van der Waals surface area contributed by atoms with Crippen molar-refractivity contribution in [2.45, 2.75) is 37.8 Å². The van der Waals surface area contributed by atoms with Crippen molar-refractivity contribution in [1.82, 2.24) is 20.2 Å². The molecule has 0 spiro atoms. The van der Waals surface area contributed by atoms with Gasteiger partial charge in [0.05, 0.1) is 11.1 Å². The minimum Gasteiger partial charge on any atom is -0.478 e. The van der Waals surface area contributed by atoms with Crippen LogP contribution in [0.2, 0.25) is 0 Å². The molecule has 1 aromatic heterocycles. The lowest BCUT2D eigenvalue weighted by Gasteiger charge is -2.22. The molecule has 3 aromatic rings. The smallest absolute Gasteiger partial charge is 0.351 e. The van der Waals surface area contributed by atoms with E-state index >= 15 is 0 Å². The number of rotatable bonds is 8. The first-order valence-corrected chi connectivity index (χ1v) is 12.7. The van der Waals surface area contributed by atoms with Crippen molar-refractivity contribution in [1.29, 1.82) is 0 Å². The van der Waals surface area contributed by atoms with Crippen LogP contribution in [0.1, 0.15) is 45.7 Å². The topological polar surface area (TPSA) is 170 Å². The summed E-state index contributed by atoms with van der Waals surface area (Å²) in [6, 6.07) is 13.3. The summed E-state index contributed by atoms with van der Waals surface area (Å²) >= 11 is 0. The minimum atomic E-state index is -1.46. The van der Waals surface area contributed by atoms with E-state index in [1.54, 1.807) is 19.1 Å². The Morgan fingerprint density at radius 2 is 1.76 bits per heavy atom. The van der Waals surface area contributed by atoms with Gasteiger partial charge in [0.15, 0.2) is 12.5 Å². The highest BCUT2D eigenvalue weighted by atomic mass is 19.1. The van der Waals surface area contributed by atoms with Gasteiger partial charge in [0.2, 0.25) is 0 Å². The number of carbonyl (C=O) groups excluding carboxylic acids is 2. The van der Waals surface area contributed by atoms with Crippen molar-refractivity contribution in [3.05, 3.63) is 93.8 Å². The van der Waals surface area contributed by atoms with Crippen LogP contribution in [0.15, 0.2) is 65.6 Å². The second kappa shape index (κ2) is 11.8. The first-order valence-electron chi connectivity index (χ1n) is 12.7. The lowest BCUT2D eigenvalue weighted by Crippen LogP contribution is -2.39. The third-order valence-corrected chi connectivity index (χ3v) is 6.54. The number of nitrogens with zero attached hydrogens (tertiary/aromatic N) is 2. The summed E-state index contributed by atoms with van der Waals surface area (Å²) < 4.78 is 34.0. The molecule has 2 fully saturated rings. The molecule has 13 nitrogen and oxygen atoms in total. The molecular formula is C27H26FN5O8. The molecule has 4 N–H and O–H groups in total. The summed E-state index contributed by atoms with van der Waals surface area (Å²) in [5.41, 5.74) is -1.13. The molecule has 41 heavy (non-hydrogen) atoms. The molecule has 5 rings (SSSR count). The van der Waals surface area contributed by atoms with E-state index in [1.165, 1.54) is 22.9 Å². The number of urea groups is 1. The molecule has 14 heteroatoms. The van der Waals surface area contributed by atoms with Crippen molar-refractivity contribution >= 4 is 23.7 Å². The van der Waals surface area contributed by atoms with Crippen LogP contribution in [0.3, 0.4) is 0 Å². The molecule has 0 aliphatic carbocycles. The van der Waals surface area contributed by atoms with Gasteiger partial charge in [0, 0.05) is 24.8 Å². The number of carboxylic acid groups (broad SMARTS) is 1. The van der Waals surface area contributed by atoms with Gasteiger partial charge in [-0.05, 0) is 25.1 Å². The van der Waals surface area contributed by atoms with Gasteiger partial charge in [-0.2, -0.15) is 4.98 Å². The van der Waals surface area contributed by atoms with Gasteiger partial charge >= 0.3 is 17.7 Å². The summed E-state index contributed by atoms with van der Waals surface area (Å²) in [5.74, 6) is -3.38. The monoisotopic (exact) mass is 567 g/mol. The van der Waals surface area contributed by atoms with Crippen molar-refractivity contribution in [2.24, 2.45) is 0 Å². The van der Waals surface area contributed by atoms with Crippen molar-refractivity contribution in [3.8, 4) is 0 Å². The second-order valence-electron chi connectivity index (χ2n) is 9.17. The zero-order chi connectivity index (χ0) is 29.1. The minimum absolute atomic E-state index is 0.0282. The van der Waals surface area contributed by atoms with Gasteiger partial charge in [-0.1, -0.05) is 36.4 Å². The number of benzene rings is 2. The Balaban J connectivity index is 1.38. The van der Waals surface area contributed by atoms with Crippen LogP contribution in [0.5, 0.6) is 0 Å². The zero-order valence-corrected chi connectivity index (χ0v) is 21.7. The number of carbonyl (C=O) groups is 3. The molecular weight excluding hydrogens is 541 g/mol. The molecule has 2 saturated heterocycles. The normalized spacial score (nSPS) is 23.0. The highest BCUT2D eigenvalue weighted by Gasteiger charge is 2.54. The standard InChI is InChI=1S/C27H26FN5O8/c1-2-29-26(37)31-18-11-12-33(27(38)32-18)23-21-20(40-25(41-21)14-7-4-3-5-8-14)17(39-23)13-30-22(34)19-15(24(35)36)9-6-10-16(19)28/h3-12,17,20-21,23,25H,2,13H2,1H3,(H,30,34)(H,35,36)(H2,29,31,32,37,38)/t17-,20?,21+,23-,25+/m1/s1. The molecule has 0 saturated carbocycles. The first kappa shape index (κ1) is 27.9. The number of carboxylic acids is 1. The summed E-state index contributed by atoms with van der Waals surface area (Å²) in [5, 5.41) is 16.9. The molecule has 2 aromatic carbocycles. The van der Waals surface area contributed by atoms with E-state index in [1.807, 2.05) is 18.2 Å². The van der Waals surface area contributed by atoms with Crippen LogP contribution >= 0.6 is 0 Å². The molecule has 1 unspecified atom stereocenters. The maximum absolute atomic E-state index is 14.4. The van der Waals surface area contributed by atoms with Crippen LogP contribution in [-0.2, 0) is 14.2 Å². The van der Waals surface area contributed by atoms with Crippen molar-refractivity contribution < 1.29 is 38.1 Å². The predicted octanol–water partition coefficient (Wildman–Crippen LogP) is 2.03. The highest BCUT2D eigenvalue weighted by molar-refractivity contribution is 6.05. The molecule has 0 bridgehead atoms. The fourth-order valence-electron chi connectivity index (χ4n) is 4.70. The SMILES string of the molecule is CCNC(=O)Nc1ccn([C@@H]2O[C@H](CNC(=O)c3c(F)cccc3C(=O)O)C3O[C@H](c4ccccc4)O[C@@H]32)c(=O)n1. The van der Waals surface area contributed by atoms with Gasteiger partial charge < -0.3 is 30.0 Å². The fraction of sp³-hybridized carbons (Fsp3) is 0.296. The predicted molar refractivity (Wildman–Crippen MR) is 140 cm³/mol. The number of fused-ring (bicyclic) bond motifs is 1. The van der Waals surface area contributed by atoms with Crippen molar-refractivity contribution in [2.75, 3.05) is 18.4 Å². The van der Waals surface area contributed by atoms with Gasteiger partial charge in [0.25, 0.3) is 5.91 Å². The Bertz CT molecular complexity index is 1520. The van der Waals surface area contributed by atoms with E-state index in [0.29, 0.717) is 12.1 Å². The number of amides is 3. The molecule has 5 atom stereocenters. The van der Waals surface area contributed by atoms with E-state index in [-0.39, 0.29) is 12.4 Å². The summed E-state index contributed by atoms with van der Waals surface area (Å²) in [6.45, 7) is 1.91. The molecule has 214 valence electrons. The van der Waals surface area contributed by atoms with E-state index in [2.05, 4.69) is 20.9 Å². The number of aromatic nitrogens is 2. The fourth-order valence-corrected chi connectivity index (χ4v) is 4.70. The average Bonchev–Trinajstić information content (AvgIpc) is 3.52. The van der Waals surface area contributed by atoms with Crippen LogP contribution in [0.4, 0.5) is 15.0 Å². The molecule has 2 aliphatic heterocycles. The molecule has 0 radical (unpaired) electrons. The Morgan fingerprint density at radius 1 is 1.00 bits per heavy atom. The maximum Gasteiger partial charge on any atom is 0.351 e. The quantitative estimate of drug-likeness (QED) is 0.318. The third kappa shape index (κ3) is 5.79. The van der Waals surface area contributed by atoms with E-state index < -0.39 is 71.4 Å². The summed E-state index contributed by atoms with van der Waals surface area (Å²) in [6.07, 6.45) is -2.91. The number of aromatic carboxylic acids is 1. The zero-order valence-electron chi connectivity index (χ0n) is 21.7. The van der Waals surface area contributed by atoms with Gasteiger partial charge in [-0.25, -0.2) is 18.8 Å². The Morgan fingerprint density at radius 3 is 2.46 bits per heavy atom. The van der Waals surface area contributed by atoms with E-state index in [9.17, 15) is 28.7 Å². The van der Waals surface area contributed by atoms with Crippen molar-refractivity contribution in [3.63, 3.8) is 0 Å². The lowest BCUT2D eigenvalue weighted by atomic mass is 10.1. The number of hydrogen-bond donors (Lipinski definition) is 4. The summed E-state index contributed by atoms with van der Waals surface area (Å²) in [4.78, 5) is 53.0. The van der Waals surface area contributed by atoms with Gasteiger partial charge in [-0.15, -0.1) is 0 Å². The Kier molecular flexibility index (Phi) is 8.05. The molecule has 3 heterocycles. The van der Waals surface area contributed by atoms with Crippen LogP contribution < -0.4 is 21.6 Å². The van der Waals surface area contributed by atoms with Gasteiger partial charge in [-0.3, -0.25) is 14.7 Å². The third-order valence-electron chi connectivity index (χ3n) is 6.54. The van der Waals surface area contributed by atoms with Crippen LogP contribution in [0.25, 0.3) is 0 Å². The number of nitrogens with one attached hydrogen (secondary N) is 3. The van der Waals surface area contributed by atoms with E-state index in [4.69, 9.17) is 14.2 Å². The number of hydrogen-bond acceptors (Lipinski definition) is 8. The Labute approximate surface area is 232 Å². The lowest BCUT2D eigenvalue weighted by molar-refractivity contribution is -0.147. The summed E-state index contributed by atoms with van der Waals surface area (Å²) in [7, 11) is 0. The van der Waals surface area contributed by atoms with Gasteiger partial charge in [0.1, 0.15) is 29.9 Å². The number of ether oxygens (including phenoxy) is 3. The van der Waals surface area contributed by atoms with Crippen LogP contribution in [-0.4, -0.2) is 64.0 Å². The van der Waals surface area contributed by atoms with E-state index in [0.717, 1.165) is 12.1 Å². The van der Waals surface area contributed by atoms with Crippen LogP contribution in [0, 0.1) is 5.82 Å². The average molecular weight is 568 g/mol. The Hall–Kier alpha value is -4.66. The highest BCUT2D eigenvalue weighted by Crippen LogP contribution is 2.43.